The molecule has 0 aliphatic heterocycles. The molecular weight excluding hydrogens is 496 g/mol. The molecule has 3 aromatic heterocycles. The van der Waals surface area contributed by atoms with Gasteiger partial charge in [0.25, 0.3) is 5.56 Å². The third-order valence-corrected chi connectivity index (χ3v) is 8.05. The zero-order valence-electron chi connectivity index (χ0n) is 22.2. The van der Waals surface area contributed by atoms with Crippen LogP contribution in [0.15, 0.2) is 66.0 Å². The highest BCUT2D eigenvalue weighted by atomic mass is 28.3. The van der Waals surface area contributed by atoms with Crippen LogP contribution in [0.5, 0.6) is 5.88 Å². The van der Waals surface area contributed by atoms with Crippen LogP contribution < -0.4 is 10.3 Å². The number of rotatable bonds is 10. The molecule has 3 heterocycles. The van der Waals surface area contributed by atoms with Gasteiger partial charge < -0.3 is 9.47 Å². The van der Waals surface area contributed by atoms with Crippen molar-refractivity contribution in [1.29, 1.82) is 0 Å². The van der Waals surface area contributed by atoms with Crippen molar-refractivity contribution in [3.63, 3.8) is 0 Å². The van der Waals surface area contributed by atoms with Crippen LogP contribution >= 0.6 is 0 Å². The molecule has 0 N–H and O–H groups in total. The first kappa shape index (κ1) is 25.7. The highest BCUT2D eigenvalue weighted by molar-refractivity contribution is 6.76. The van der Waals surface area contributed by atoms with E-state index < -0.39 is 8.07 Å². The van der Waals surface area contributed by atoms with Crippen LogP contribution in [0.2, 0.25) is 25.7 Å². The van der Waals surface area contributed by atoms with Crippen LogP contribution in [-0.2, 0) is 17.9 Å². The number of ether oxygens (including phenoxy) is 2. The van der Waals surface area contributed by atoms with E-state index in [4.69, 9.17) is 14.5 Å². The Bertz CT molecular complexity index is 1630. The Morgan fingerprint density at radius 2 is 1.76 bits per heavy atom. The first-order chi connectivity index (χ1) is 18.3. The predicted molar refractivity (Wildman–Crippen MR) is 151 cm³/mol. The zero-order valence-corrected chi connectivity index (χ0v) is 23.2. The summed E-state index contributed by atoms with van der Waals surface area (Å²) in [6.07, 6.45) is 3.57. The van der Waals surface area contributed by atoms with Crippen LogP contribution in [0, 0.1) is 6.92 Å². The molecule has 0 spiro atoms. The summed E-state index contributed by atoms with van der Waals surface area (Å²) in [6.45, 7) is 10.3. The average Bonchev–Trinajstić information content (AvgIpc) is 3.30. The van der Waals surface area contributed by atoms with E-state index in [1.165, 1.54) is 6.33 Å². The zero-order chi connectivity index (χ0) is 26.7. The molecule has 0 fully saturated rings. The standard InChI is InChI=1S/C28H32N6O3Si/c1-20-9-8-12-22-24(20)28(35)34(21-10-6-5-7-11-21)23(32-22)13-14-37-27-25-26(29-17-30-27)33(18-31-25)19-36-15-16-38(2,3)4/h5-12,17-18H,13-16,19H2,1-4H3. The summed E-state index contributed by atoms with van der Waals surface area (Å²) < 4.78 is 15.4. The average molecular weight is 529 g/mol. The van der Waals surface area contributed by atoms with Crippen molar-refractivity contribution in [2.75, 3.05) is 13.2 Å². The number of aryl methyl sites for hydroxylation is 1. The normalized spacial score (nSPS) is 11.9. The molecule has 196 valence electrons. The van der Waals surface area contributed by atoms with Gasteiger partial charge in [-0.05, 0) is 36.7 Å². The molecule has 0 aliphatic carbocycles. The molecule has 0 bridgehead atoms. The van der Waals surface area contributed by atoms with Crippen molar-refractivity contribution in [3.05, 3.63) is 82.9 Å². The number of nitrogens with zero attached hydrogens (tertiary/aromatic N) is 6. The van der Waals surface area contributed by atoms with Gasteiger partial charge in [0.05, 0.1) is 29.5 Å². The van der Waals surface area contributed by atoms with Crippen molar-refractivity contribution in [2.24, 2.45) is 0 Å². The molecule has 0 atom stereocenters. The Morgan fingerprint density at radius 3 is 2.55 bits per heavy atom. The van der Waals surface area contributed by atoms with Gasteiger partial charge in [0.2, 0.25) is 5.88 Å². The maximum Gasteiger partial charge on any atom is 0.266 e. The lowest BCUT2D eigenvalue weighted by molar-refractivity contribution is 0.0895. The summed E-state index contributed by atoms with van der Waals surface area (Å²) >= 11 is 0. The van der Waals surface area contributed by atoms with E-state index in [0.29, 0.717) is 53.5 Å². The van der Waals surface area contributed by atoms with Crippen molar-refractivity contribution in [2.45, 2.75) is 45.8 Å². The Balaban J connectivity index is 1.37. The summed E-state index contributed by atoms with van der Waals surface area (Å²) in [7, 11) is -1.15. The molecule has 0 unspecified atom stereocenters. The molecular formula is C28H32N6O3Si. The fourth-order valence-electron chi connectivity index (χ4n) is 4.29. The van der Waals surface area contributed by atoms with E-state index in [1.54, 1.807) is 10.9 Å². The Morgan fingerprint density at radius 1 is 0.947 bits per heavy atom. The van der Waals surface area contributed by atoms with E-state index in [2.05, 4.69) is 34.6 Å². The van der Waals surface area contributed by atoms with Crippen LogP contribution in [0.1, 0.15) is 11.4 Å². The molecule has 0 amide bonds. The number of hydrogen-bond donors (Lipinski definition) is 0. The van der Waals surface area contributed by atoms with Crippen LogP contribution in [0.4, 0.5) is 0 Å². The second kappa shape index (κ2) is 10.8. The summed E-state index contributed by atoms with van der Waals surface area (Å²) in [5.74, 6) is 1.01. The molecule has 0 saturated heterocycles. The first-order valence-corrected chi connectivity index (χ1v) is 16.5. The van der Waals surface area contributed by atoms with Gasteiger partial charge in [-0.2, -0.15) is 4.98 Å². The second-order valence-electron chi connectivity index (χ2n) is 10.5. The van der Waals surface area contributed by atoms with E-state index in [0.717, 1.165) is 17.3 Å². The van der Waals surface area contributed by atoms with E-state index in [1.807, 2.05) is 60.0 Å². The summed E-state index contributed by atoms with van der Waals surface area (Å²) in [6, 6.07) is 16.4. The largest absolute Gasteiger partial charge is 0.476 e. The quantitative estimate of drug-likeness (QED) is 0.190. The molecule has 5 aromatic rings. The smallest absolute Gasteiger partial charge is 0.266 e. The van der Waals surface area contributed by atoms with Crippen LogP contribution in [0.25, 0.3) is 27.8 Å². The lowest BCUT2D eigenvalue weighted by Crippen LogP contribution is -2.25. The van der Waals surface area contributed by atoms with Gasteiger partial charge in [0, 0.05) is 21.1 Å². The number of aromatic nitrogens is 6. The topological polar surface area (TPSA) is 96.9 Å². The monoisotopic (exact) mass is 528 g/mol. The summed E-state index contributed by atoms with van der Waals surface area (Å²) in [5.41, 5.74) is 3.48. The lowest BCUT2D eigenvalue weighted by Gasteiger charge is -2.15. The number of benzene rings is 2. The van der Waals surface area contributed by atoms with Gasteiger partial charge in [-0.25, -0.2) is 15.0 Å². The highest BCUT2D eigenvalue weighted by Crippen LogP contribution is 2.21. The third-order valence-electron chi connectivity index (χ3n) is 6.35. The van der Waals surface area contributed by atoms with Gasteiger partial charge in [-0.15, -0.1) is 0 Å². The van der Waals surface area contributed by atoms with Crippen molar-refractivity contribution < 1.29 is 9.47 Å². The summed E-state index contributed by atoms with van der Waals surface area (Å²) in [5, 5.41) is 0.621. The van der Waals surface area contributed by atoms with Crippen molar-refractivity contribution >= 4 is 30.1 Å². The SMILES string of the molecule is Cc1cccc2nc(CCOc3ncnc4c3ncn4COCC[Si](C)(C)C)n(-c3ccccc3)c(=O)c12. The van der Waals surface area contributed by atoms with E-state index >= 15 is 0 Å². The fraction of sp³-hybridized carbons (Fsp3) is 0.321. The minimum absolute atomic E-state index is 0.0911. The number of hydrogen-bond acceptors (Lipinski definition) is 7. The van der Waals surface area contributed by atoms with Gasteiger partial charge >= 0.3 is 0 Å². The van der Waals surface area contributed by atoms with Crippen LogP contribution in [-0.4, -0.2) is 50.4 Å². The Labute approximate surface area is 222 Å². The van der Waals surface area contributed by atoms with Crippen LogP contribution in [0.3, 0.4) is 0 Å². The molecule has 0 radical (unpaired) electrons. The number of imidazole rings is 1. The maximum atomic E-state index is 13.6. The van der Waals surface area contributed by atoms with E-state index in [-0.39, 0.29) is 12.2 Å². The first-order valence-electron chi connectivity index (χ1n) is 12.7. The molecule has 2 aromatic carbocycles. The van der Waals surface area contributed by atoms with Crippen molar-refractivity contribution in [1.82, 2.24) is 29.1 Å². The predicted octanol–water partition coefficient (Wildman–Crippen LogP) is 4.77. The van der Waals surface area contributed by atoms with Crippen molar-refractivity contribution in [3.8, 4) is 11.6 Å². The minimum Gasteiger partial charge on any atom is -0.476 e. The van der Waals surface area contributed by atoms with E-state index in [9.17, 15) is 4.79 Å². The Kier molecular flexibility index (Phi) is 7.34. The second-order valence-corrected chi connectivity index (χ2v) is 16.1. The lowest BCUT2D eigenvalue weighted by atomic mass is 10.1. The maximum absolute atomic E-state index is 13.6. The van der Waals surface area contributed by atoms with Gasteiger partial charge in [-0.3, -0.25) is 13.9 Å². The minimum atomic E-state index is -1.15. The van der Waals surface area contributed by atoms with Gasteiger partial charge in [0.1, 0.15) is 18.9 Å². The van der Waals surface area contributed by atoms with Gasteiger partial charge in [0.15, 0.2) is 11.2 Å². The molecule has 38 heavy (non-hydrogen) atoms. The fourth-order valence-corrected chi connectivity index (χ4v) is 5.05. The molecule has 0 aliphatic rings. The molecule has 9 nitrogen and oxygen atoms in total. The molecule has 5 rings (SSSR count). The number of para-hydroxylation sites is 1. The third kappa shape index (κ3) is 5.51. The number of fused-ring (bicyclic) bond motifs is 2. The molecule has 0 saturated carbocycles. The molecule has 10 heteroatoms. The van der Waals surface area contributed by atoms with Gasteiger partial charge in [-0.1, -0.05) is 50.0 Å². The Hall–Kier alpha value is -3.89. The highest BCUT2D eigenvalue weighted by Gasteiger charge is 2.16. The summed E-state index contributed by atoms with van der Waals surface area (Å²) in [4.78, 5) is 31.6.